The largest absolute Gasteiger partial charge is 0.388 e. The van der Waals surface area contributed by atoms with Crippen molar-refractivity contribution in [3.8, 4) is 0 Å². The summed E-state index contributed by atoms with van der Waals surface area (Å²) in [7, 11) is 0. The van der Waals surface area contributed by atoms with E-state index in [-0.39, 0.29) is 0 Å². The van der Waals surface area contributed by atoms with Crippen molar-refractivity contribution in [3.05, 3.63) is 6.07 Å². The van der Waals surface area contributed by atoms with Crippen molar-refractivity contribution in [2.45, 2.75) is 49.8 Å². The van der Waals surface area contributed by atoms with Crippen molar-refractivity contribution in [1.82, 2.24) is 9.97 Å². The van der Waals surface area contributed by atoms with Gasteiger partial charge in [0, 0.05) is 12.6 Å². The Morgan fingerprint density at radius 2 is 2.15 bits per heavy atom. The second-order valence-corrected chi connectivity index (χ2v) is 6.37. The maximum atomic E-state index is 10.6. The van der Waals surface area contributed by atoms with Gasteiger partial charge in [-0.2, -0.15) is 0 Å². The number of thioether (sulfide) groups is 1. The van der Waals surface area contributed by atoms with Gasteiger partial charge >= 0.3 is 0 Å². The van der Waals surface area contributed by atoms with Crippen molar-refractivity contribution in [2.24, 2.45) is 5.92 Å². The van der Waals surface area contributed by atoms with Gasteiger partial charge in [-0.3, -0.25) is 0 Å². The third-order valence-corrected chi connectivity index (χ3v) is 4.67. The van der Waals surface area contributed by atoms with Gasteiger partial charge in [0.05, 0.1) is 5.60 Å². The molecule has 1 aliphatic rings. The normalized spacial score (nSPS) is 26.4. The molecule has 1 fully saturated rings. The van der Waals surface area contributed by atoms with Crippen LogP contribution in [0.15, 0.2) is 11.2 Å². The monoisotopic (exact) mass is 296 g/mol. The molecule has 20 heavy (non-hydrogen) atoms. The Hall–Kier alpha value is -1.01. The molecule has 0 unspecified atom stereocenters. The number of rotatable bonds is 5. The van der Waals surface area contributed by atoms with Crippen LogP contribution in [0.2, 0.25) is 0 Å². The van der Waals surface area contributed by atoms with Crippen LogP contribution in [0.5, 0.6) is 0 Å². The Morgan fingerprint density at radius 3 is 2.75 bits per heavy atom. The van der Waals surface area contributed by atoms with Gasteiger partial charge in [-0.15, -0.1) is 0 Å². The Kier molecular flexibility index (Phi) is 5.10. The number of aliphatic hydroxyl groups is 1. The lowest BCUT2D eigenvalue weighted by Gasteiger charge is -2.36. The lowest BCUT2D eigenvalue weighted by Crippen LogP contribution is -2.40. The van der Waals surface area contributed by atoms with Crippen molar-refractivity contribution in [1.29, 1.82) is 0 Å². The highest BCUT2D eigenvalue weighted by Gasteiger charge is 2.32. The van der Waals surface area contributed by atoms with Crippen molar-refractivity contribution in [2.75, 3.05) is 23.9 Å². The quantitative estimate of drug-likeness (QED) is 0.572. The molecule has 1 saturated carbocycles. The zero-order valence-electron chi connectivity index (χ0n) is 12.2. The number of hydrogen-bond acceptors (Lipinski definition) is 6. The summed E-state index contributed by atoms with van der Waals surface area (Å²) < 4.78 is 0. The average Bonchev–Trinajstić information content (AvgIpc) is 2.45. The van der Waals surface area contributed by atoms with Crippen LogP contribution in [0.1, 0.15) is 39.0 Å². The standard InChI is InChI=1S/C14H24N4OS/c1-3-10-4-6-14(19,7-5-10)9-16-12-8-11(15)17-13(18-12)20-2/h8,10,19H,3-7,9H2,1-2H3,(H3,15,16,17,18). The van der Waals surface area contributed by atoms with E-state index in [1.54, 1.807) is 6.07 Å². The van der Waals surface area contributed by atoms with E-state index in [2.05, 4.69) is 22.2 Å². The molecule has 1 aromatic rings. The fraction of sp³-hybridized carbons (Fsp3) is 0.714. The zero-order valence-corrected chi connectivity index (χ0v) is 13.0. The van der Waals surface area contributed by atoms with Gasteiger partial charge in [0.25, 0.3) is 0 Å². The van der Waals surface area contributed by atoms with E-state index in [9.17, 15) is 5.11 Å². The minimum absolute atomic E-state index is 0.452. The molecular weight excluding hydrogens is 272 g/mol. The molecule has 112 valence electrons. The van der Waals surface area contributed by atoms with E-state index in [0.717, 1.165) is 31.6 Å². The van der Waals surface area contributed by atoms with E-state index in [4.69, 9.17) is 5.73 Å². The van der Waals surface area contributed by atoms with Gasteiger partial charge in [-0.1, -0.05) is 25.1 Å². The van der Waals surface area contributed by atoms with E-state index in [1.165, 1.54) is 18.2 Å². The zero-order chi connectivity index (χ0) is 14.6. The van der Waals surface area contributed by atoms with E-state index in [1.807, 2.05) is 6.26 Å². The molecule has 1 aliphatic carbocycles. The topological polar surface area (TPSA) is 84.1 Å². The van der Waals surface area contributed by atoms with Crippen LogP contribution in [0.4, 0.5) is 11.6 Å². The minimum Gasteiger partial charge on any atom is -0.388 e. The van der Waals surface area contributed by atoms with Crippen LogP contribution < -0.4 is 11.1 Å². The maximum Gasteiger partial charge on any atom is 0.191 e. The van der Waals surface area contributed by atoms with Gasteiger partial charge in [0.1, 0.15) is 11.6 Å². The first-order valence-corrected chi connectivity index (χ1v) is 8.42. The molecule has 0 atom stereocenters. The first kappa shape index (κ1) is 15.4. The van der Waals surface area contributed by atoms with Crippen LogP contribution in [-0.4, -0.2) is 33.5 Å². The molecule has 0 spiro atoms. The Labute approximate surface area is 124 Å². The molecule has 0 aliphatic heterocycles. The van der Waals surface area contributed by atoms with Gasteiger partial charge in [0.2, 0.25) is 0 Å². The van der Waals surface area contributed by atoms with Crippen molar-refractivity contribution >= 4 is 23.4 Å². The van der Waals surface area contributed by atoms with Gasteiger partial charge in [0.15, 0.2) is 5.16 Å². The minimum atomic E-state index is -0.620. The number of nitrogens with one attached hydrogen (secondary N) is 1. The Bertz CT molecular complexity index is 447. The van der Waals surface area contributed by atoms with Crippen LogP contribution in [-0.2, 0) is 0 Å². The summed E-state index contributed by atoms with van der Waals surface area (Å²) in [4.78, 5) is 8.46. The number of hydrogen-bond donors (Lipinski definition) is 3. The maximum absolute atomic E-state index is 10.6. The predicted octanol–water partition coefficient (Wildman–Crippen LogP) is 2.52. The highest BCUT2D eigenvalue weighted by Crippen LogP contribution is 2.33. The van der Waals surface area contributed by atoms with E-state index < -0.39 is 5.60 Å². The number of aromatic nitrogens is 2. The summed E-state index contributed by atoms with van der Waals surface area (Å²) in [5.74, 6) is 1.91. The predicted molar refractivity (Wildman–Crippen MR) is 83.9 cm³/mol. The molecule has 6 heteroatoms. The van der Waals surface area contributed by atoms with Crippen LogP contribution in [0.3, 0.4) is 0 Å². The SMILES string of the molecule is CCC1CCC(O)(CNc2cc(N)nc(SC)n2)CC1. The summed E-state index contributed by atoms with van der Waals surface area (Å²) in [5, 5.41) is 14.5. The molecule has 0 aromatic carbocycles. The van der Waals surface area contributed by atoms with Gasteiger partial charge in [-0.05, 0) is 37.9 Å². The van der Waals surface area contributed by atoms with Crippen LogP contribution >= 0.6 is 11.8 Å². The third kappa shape index (κ3) is 3.99. The summed E-state index contributed by atoms with van der Waals surface area (Å²) in [6.07, 6.45) is 7.05. The van der Waals surface area contributed by atoms with Crippen molar-refractivity contribution < 1.29 is 5.11 Å². The highest BCUT2D eigenvalue weighted by atomic mass is 32.2. The third-order valence-electron chi connectivity index (χ3n) is 4.12. The molecule has 2 rings (SSSR count). The lowest BCUT2D eigenvalue weighted by atomic mass is 9.78. The first-order valence-electron chi connectivity index (χ1n) is 7.19. The fourth-order valence-electron chi connectivity index (χ4n) is 2.68. The van der Waals surface area contributed by atoms with Crippen molar-refractivity contribution in [3.63, 3.8) is 0 Å². The summed E-state index contributed by atoms with van der Waals surface area (Å²) >= 11 is 1.46. The summed E-state index contributed by atoms with van der Waals surface area (Å²) in [6.45, 7) is 2.74. The molecule has 1 heterocycles. The van der Waals surface area contributed by atoms with Gasteiger partial charge < -0.3 is 16.2 Å². The smallest absolute Gasteiger partial charge is 0.191 e. The molecule has 1 aromatic heterocycles. The average molecular weight is 296 g/mol. The van der Waals surface area contributed by atoms with Crippen LogP contribution in [0, 0.1) is 5.92 Å². The van der Waals surface area contributed by atoms with Crippen LogP contribution in [0.25, 0.3) is 0 Å². The molecule has 0 saturated heterocycles. The fourth-order valence-corrected chi connectivity index (χ4v) is 3.07. The molecule has 4 N–H and O–H groups in total. The number of nitrogen functional groups attached to an aromatic ring is 1. The summed E-state index contributed by atoms with van der Waals surface area (Å²) in [6, 6.07) is 1.71. The highest BCUT2D eigenvalue weighted by molar-refractivity contribution is 7.98. The molecular formula is C14H24N4OS. The van der Waals surface area contributed by atoms with E-state index in [0.29, 0.717) is 23.3 Å². The molecule has 0 amide bonds. The number of anilines is 2. The second-order valence-electron chi connectivity index (χ2n) is 5.59. The number of nitrogens with zero attached hydrogens (tertiary/aromatic N) is 2. The molecule has 0 bridgehead atoms. The molecule has 5 nitrogen and oxygen atoms in total. The van der Waals surface area contributed by atoms with Gasteiger partial charge in [-0.25, -0.2) is 9.97 Å². The first-order chi connectivity index (χ1) is 9.54. The Morgan fingerprint density at radius 1 is 1.45 bits per heavy atom. The number of nitrogens with two attached hydrogens (primary N) is 1. The van der Waals surface area contributed by atoms with E-state index >= 15 is 0 Å². The second kappa shape index (κ2) is 6.63. The lowest BCUT2D eigenvalue weighted by molar-refractivity contribution is 0.00222. The molecule has 0 radical (unpaired) electrons. The summed E-state index contributed by atoms with van der Waals surface area (Å²) in [5.41, 5.74) is 5.13. The Balaban J connectivity index is 1.93.